The van der Waals surface area contributed by atoms with Crippen LogP contribution >= 0.6 is 27.3 Å². The van der Waals surface area contributed by atoms with E-state index in [0.29, 0.717) is 27.8 Å². The molecular formula is C12H19BrN2O2S2. The van der Waals surface area contributed by atoms with Crippen LogP contribution < -0.4 is 0 Å². The minimum absolute atomic E-state index is 0.350. The zero-order valence-corrected chi connectivity index (χ0v) is 14.4. The molecule has 19 heavy (non-hydrogen) atoms. The summed E-state index contributed by atoms with van der Waals surface area (Å²) < 4.78 is 27.8. The molecule has 1 aromatic heterocycles. The van der Waals surface area contributed by atoms with E-state index in [2.05, 4.69) is 34.7 Å². The minimum Gasteiger partial charge on any atom is -0.300 e. The Balaban J connectivity index is 2.15. The zero-order valence-electron chi connectivity index (χ0n) is 11.2. The fraction of sp³-hybridized carbons (Fsp3) is 0.667. The van der Waals surface area contributed by atoms with Crippen LogP contribution in [-0.2, 0) is 10.0 Å². The summed E-state index contributed by atoms with van der Waals surface area (Å²) in [6.07, 6.45) is 0.921. The van der Waals surface area contributed by atoms with Crippen LogP contribution in [0.2, 0.25) is 0 Å². The van der Waals surface area contributed by atoms with Gasteiger partial charge < -0.3 is 0 Å². The molecule has 0 radical (unpaired) electrons. The number of rotatable bonds is 5. The average Bonchev–Trinajstić information content (AvgIpc) is 3.00. The Morgan fingerprint density at radius 2 is 2.16 bits per heavy atom. The van der Waals surface area contributed by atoms with E-state index in [4.69, 9.17) is 0 Å². The van der Waals surface area contributed by atoms with Gasteiger partial charge >= 0.3 is 0 Å². The van der Waals surface area contributed by atoms with Crippen molar-refractivity contribution in [1.29, 1.82) is 0 Å². The molecule has 108 valence electrons. The maximum absolute atomic E-state index is 12.5. The Labute approximate surface area is 127 Å². The van der Waals surface area contributed by atoms with Crippen LogP contribution in [0, 0.1) is 0 Å². The standard InChI is InChI=1S/C12H19BrN2O2S2/c1-3-14(4-2)10-5-7-15(9-10)19(16,17)12-11(13)6-8-18-12/h6,8,10H,3-5,7,9H2,1-2H3. The molecule has 7 heteroatoms. The molecule has 0 saturated carbocycles. The zero-order chi connectivity index (χ0) is 14.0. The maximum Gasteiger partial charge on any atom is 0.253 e. The second-order valence-electron chi connectivity index (χ2n) is 4.58. The third-order valence-electron chi connectivity index (χ3n) is 3.61. The first-order chi connectivity index (χ1) is 9.00. The van der Waals surface area contributed by atoms with Gasteiger partial charge in [-0.1, -0.05) is 13.8 Å². The average molecular weight is 367 g/mol. The van der Waals surface area contributed by atoms with Crippen molar-refractivity contribution in [2.24, 2.45) is 0 Å². The summed E-state index contributed by atoms with van der Waals surface area (Å²) in [7, 11) is -3.33. The second kappa shape index (κ2) is 6.22. The molecular weight excluding hydrogens is 348 g/mol. The summed E-state index contributed by atoms with van der Waals surface area (Å²) in [6.45, 7) is 7.41. The maximum atomic E-state index is 12.5. The highest BCUT2D eigenvalue weighted by Gasteiger charge is 2.35. The Morgan fingerprint density at radius 3 is 2.68 bits per heavy atom. The lowest BCUT2D eigenvalue weighted by Crippen LogP contribution is -2.38. The second-order valence-corrected chi connectivity index (χ2v) is 8.49. The Kier molecular flexibility index (Phi) is 5.05. The van der Waals surface area contributed by atoms with Crippen molar-refractivity contribution < 1.29 is 8.42 Å². The number of halogens is 1. The molecule has 1 saturated heterocycles. The Hall–Kier alpha value is 0.0500. The van der Waals surface area contributed by atoms with Gasteiger partial charge in [-0.2, -0.15) is 4.31 Å². The van der Waals surface area contributed by atoms with Crippen LogP contribution in [0.5, 0.6) is 0 Å². The fourth-order valence-corrected chi connectivity index (χ4v) is 6.49. The first-order valence-corrected chi connectivity index (χ1v) is 9.59. The molecule has 0 bridgehead atoms. The molecule has 4 nitrogen and oxygen atoms in total. The molecule has 1 fully saturated rings. The van der Waals surface area contributed by atoms with Crippen LogP contribution in [0.1, 0.15) is 20.3 Å². The van der Waals surface area contributed by atoms with Crippen LogP contribution in [-0.4, -0.2) is 49.8 Å². The molecule has 0 N–H and O–H groups in total. The Bertz CT molecular complexity index is 526. The van der Waals surface area contributed by atoms with E-state index in [1.165, 1.54) is 11.3 Å². The molecule has 0 aromatic carbocycles. The van der Waals surface area contributed by atoms with E-state index < -0.39 is 10.0 Å². The van der Waals surface area contributed by atoms with Gasteiger partial charge in [0, 0.05) is 23.6 Å². The SMILES string of the molecule is CCN(CC)C1CCN(S(=O)(=O)c2sccc2Br)C1. The first-order valence-electron chi connectivity index (χ1n) is 6.47. The Morgan fingerprint density at radius 1 is 1.47 bits per heavy atom. The third-order valence-corrected chi connectivity index (χ3v) is 8.13. The largest absolute Gasteiger partial charge is 0.300 e. The topological polar surface area (TPSA) is 40.6 Å². The van der Waals surface area contributed by atoms with Gasteiger partial charge in [0.15, 0.2) is 0 Å². The van der Waals surface area contributed by atoms with Crippen molar-refractivity contribution in [3.8, 4) is 0 Å². The van der Waals surface area contributed by atoms with Crippen molar-refractivity contribution in [2.75, 3.05) is 26.2 Å². The summed E-state index contributed by atoms with van der Waals surface area (Å²) in [5.74, 6) is 0. The van der Waals surface area contributed by atoms with Gasteiger partial charge in [0.25, 0.3) is 10.0 Å². The molecule has 0 aliphatic carbocycles. The van der Waals surface area contributed by atoms with Crippen LogP contribution in [0.3, 0.4) is 0 Å². The number of sulfonamides is 1. The number of likely N-dealkylation sites (N-methyl/N-ethyl adjacent to an activating group) is 1. The molecule has 2 heterocycles. The van der Waals surface area contributed by atoms with E-state index in [1.54, 1.807) is 15.8 Å². The molecule has 1 unspecified atom stereocenters. The normalized spacial score (nSPS) is 21.4. The number of nitrogens with zero attached hydrogens (tertiary/aromatic N) is 2. The molecule has 1 aliphatic heterocycles. The van der Waals surface area contributed by atoms with Crippen molar-refractivity contribution in [3.63, 3.8) is 0 Å². The van der Waals surface area contributed by atoms with E-state index in [-0.39, 0.29) is 0 Å². The van der Waals surface area contributed by atoms with E-state index >= 15 is 0 Å². The van der Waals surface area contributed by atoms with Crippen LogP contribution in [0.4, 0.5) is 0 Å². The third kappa shape index (κ3) is 3.05. The van der Waals surface area contributed by atoms with Crippen LogP contribution in [0.15, 0.2) is 20.1 Å². The predicted molar refractivity (Wildman–Crippen MR) is 82.1 cm³/mol. The van der Waals surface area contributed by atoms with Gasteiger partial charge in [0.2, 0.25) is 0 Å². The summed E-state index contributed by atoms with van der Waals surface area (Å²) in [6, 6.07) is 2.14. The van der Waals surface area contributed by atoms with Gasteiger partial charge in [-0.3, -0.25) is 4.90 Å². The molecule has 1 aromatic rings. The highest BCUT2D eigenvalue weighted by molar-refractivity contribution is 9.10. The molecule has 2 rings (SSSR count). The van der Waals surface area contributed by atoms with Gasteiger partial charge in [-0.05, 0) is 46.9 Å². The van der Waals surface area contributed by atoms with Crippen molar-refractivity contribution >= 4 is 37.3 Å². The highest BCUT2D eigenvalue weighted by Crippen LogP contribution is 2.32. The summed E-state index contributed by atoms with van der Waals surface area (Å²) in [5, 5.41) is 1.80. The van der Waals surface area contributed by atoms with Crippen molar-refractivity contribution in [2.45, 2.75) is 30.5 Å². The summed E-state index contributed by atoms with van der Waals surface area (Å²) >= 11 is 4.59. The van der Waals surface area contributed by atoms with Crippen molar-refractivity contribution in [1.82, 2.24) is 9.21 Å². The molecule has 0 spiro atoms. The highest BCUT2D eigenvalue weighted by atomic mass is 79.9. The lowest BCUT2D eigenvalue weighted by atomic mass is 10.2. The summed E-state index contributed by atoms with van der Waals surface area (Å²) in [4.78, 5) is 2.33. The summed E-state index contributed by atoms with van der Waals surface area (Å²) in [5.41, 5.74) is 0. The molecule has 1 aliphatic rings. The first kappa shape index (κ1) is 15.4. The number of hydrogen-bond donors (Lipinski definition) is 0. The van der Waals surface area contributed by atoms with Crippen LogP contribution in [0.25, 0.3) is 0 Å². The monoisotopic (exact) mass is 366 g/mol. The van der Waals surface area contributed by atoms with E-state index in [1.807, 2.05) is 0 Å². The number of thiophene rings is 1. The molecule has 1 atom stereocenters. The predicted octanol–water partition coefficient (Wildman–Crippen LogP) is 2.62. The van der Waals surface area contributed by atoms with Gasteiger partial charge in [0.1, 0.15) is 4.21 Å². The lowest BCUT2D eigenvalue weighted by Gasteiger charge is -2.25. The minimum atomic E-state index is -3.33. The van der Waals surface area contributed by atoms with Crippen molar-refractivity contribution in [3.05, 3.63) is 15.9 Å². The van der Waals surface area contributed by atoms with E-state index in [9.17, 15) is 8.42 Å². The quantitative estimate of drug-likeness (QED) is 0.803. The fourth-order valence-electron chi connectivity index (χ4n) is 2.55. The van der Waals surface area contributed by atoms with Gasteiger partial charge in [-0.25, -0.2) is 8.42 Å². The van der Waals surface area contributed by atoms with Gasteiger partial charge in [0.05, 0.1) is 0 Å². The number of hydrogen-bond acceptors (Lipinski definition) is 4. The van der Waals surface area contributed by atoms with Gasteiger partial charge in [-0.15, -0.1) is 11.3 Å². The lowest BCUT2D eigenvalue weighted by molar-refractivity contribution is 0.225. The molecule has 0 amide bonds. The van der Waals surface area contributed by atoms with E-state index in [0.717, 1.165) is 19.5 Å². The smallest absolute Gasteiger partial charge is 0.253 e.